The van der Waals surface area contributed by atoms with Crippen LogP contribution in [0.2, 0.25) is 0 Å². The lowest BCUT2D eigenvalue weighted by Gasteiger charge is -2.35. The molecule has 6 nitrogen and oxygen atoms in total. The third-order valence-corrected chi connectivity index (χ3v) is 6.14. The van der Waals surface area contributed by atoms with Gasteiger partial charge in [-0.2, -0.15) is 0 Å². The second kappa shape index (κ2) is 6.79. The first kappa shape index (κ1) is 18.5. The second-order valence-corrected chi connectivity index (χ2v) is 8.46. The number of hydrogen-bond donors (Lipinski definition) is 2. The molecule has 5 rings (SSSR count). The lowest BCUT2D eigenvalue weighted by atomic mass is 10.0. The molecule has 1 unspecified atom stereocenters. The van der Waals surface area contributed by atoms with Crippen LogP contribution in [-0.2, 0) is 0 Å². The molecule has 8 heteroatoms. The lowest BCUT2D eigenvalue weighted by molar-refractivity contribution is 0.0694. The predicted molar refractivity (Wildman–Crippen MR) is 105 cm³/mol. The van der Waals surface area contributed by atoms with Crippen LogP contribution >= 0.6 is 0 Å². The summed E-state index contributed by atoms with van der Waals surface area (Å²) >= 11 is 0. The summed E-state index contributed by atoms with van der Waals surface area (Å²) in [6.07, 6.45) is 6.86. The molecule has 2 aromatic rings. The first-order valence-electron chi connectivity index (χ1n) is 10.2. The van der Waals surface area contributed by atoms with E-state index in [0.717, 1.165) is 44.6 Å². The summed E-state index contributed by atoms with van der Waals surface area (Å²) < 4.78 is 32.2. The van der Waals surface area contributed by atoms with E-state index in [9.17, 15) is 14.7 Å². The van der Waals surface area contributed by atoms with Gasteiger partial charge in [-0.25, -0.2) is 13.6 Å². The quantitative estimate of drug-likeness (QED) is 0.803. The van der Waals surface area contributed by atoms with Crippen LogP contribution in [0, 0.1) is 11.6 Å². The van der Waals surface area contributed by atoms with Gasteiger partial charge in [0.1, 0.15) is 17.1 Å². The number of pyridine rings is 1. The number of carboxylic acid groups (broad SMARTS) is 1. The van der Waals surface area contributed by atoms with Gasteiger partial charge in [0.15, 0.2) is 5.82 Å². The third kappa shape index (κ3) is 3.29. The number of halogens is 2. The van der Waals surface area contributed by atoms with Crippen LogP contribution < -0.4 is 15.6 Å². The van der Waals surface area contributed by atoms with Crippen molar-refractivity contribution in [1.82, 2.24) is 9.88 Å². The minimum Gasteiger partial charge on any atom is -0.477 e. The molecule has 29 heavy (non-hydrogen) atoms. The normalized spacial score (nSPS) is 22.3. The molecule has 3 fully saturated rings. The highest BCUT2D eigenvalue weighted by atomic mass is 19.1. The molecule has 1 aromatic carbocycles. The highest BCUT2D eigenvalue weighted by Crippen LogP contribution is 2.40. The zero-order chi connectivity index (χ0) is 20.3. The van der Waals surface area contributed by atoms with E-state index in [1.807, 2.05) is 0 Å². The third-order valence-electron chi connectivity index (χ3n) is 6.14. The van der Waals surface area contributed by atoms with Gasteiger partial charge in [0, 0.05) is 37.4 Å². The summed E-state index contributed by atoms with van der Waals surface area (Å²) in [5.74, 6) is -2.97. The van der Waals surface area contributed by atoms with Crippen molar-refractivity contribution in [2.45, 2.75) is 56.7 Å². The van der Waals surface area contributed by atoms with E-state index in [1.54, 1.807) is 4.90 Å². The average molecular weight is 403 g/mol. The van der Waals surface area contributed by atoms with Crippen molar-refractivity contribution < 1.29 is 18.7 Å². The molecular formula is C21H23F2N3O3. The molecule has 2 saturated carbocycles. The van der Waals surface area contributed by atoms with Crippen LogP contribution in [0.3, 0.4) is 0 Å². The topological polar surface area (TPSA) is 74.6 Å². The Labute approximate surface area is 166 Å². The lowest BCUT2D eigenvalue weighted by Crippen LogP contribution is -2.47. The van der Waals surface area contributed by atoms with Crippen LogP contribution in [0.1, 0.15) is 54.9 Å². The molecule has 1 aromatic heterocycles. The van der Waals surface area contributed by atoms with Gasteiger partial charge in [0.2, 0.25) is 5.43 Å². The summed E-state index contributed by atoms with van der Waals surface area (Å²) in [7, 11) is 0. The maximum atomic E-state index is 15.7. The Hall–Kier alpha value is -2.48. The first-order chi connectivity index (χ1) is 13.9. The van der Waals surface area contributed by atoms with E-state index in [1.165, 1.54) is 10.8 Å². The highest BCUT2D eigenvalue weighted by molar-refractivity contribution is 5.94. The predicted octanol–water partition coefficient (Wildman–Crippen LogP) is 3.03. The molecule has 0 spiro atoms. The summed E-state index contributed by atoms with van der Waals surface area (Å²) in [6, 6.07) is 1.65. The molecule has 0 amide bonds. The molecule has 2 aliphatic carbocycles. The molecular weight excluding hydrogens is 380 g/mol. The molecule has 2 heterocycles. The molecule has 154 valence electrons. The molecule has 3 aliphatic rings. The Balaban J connectivity index is 1.63. The van der Waals surface area contributed by atoms with Gasteiger partial charge in [0.25, 0.3) is 0 Å². The molecule has 1 aliphatic heterocycles. The fourth-order valence-corrected chi connectivity index (χ4v) is 4.41. The average Bonchev–Trinajstić information content (AvgIpc) is 3.57. The standard InChI is InChI=1S/C21H23F2N3O3/c22-16-8-14-18(26(13-5-6-13)10-15(20(14)27)21(28)29)17(23)19(16)25-7-1-2-12(9-25)24-11-3-4-11/h8,10-13,24H,1-7,9H2,(H,28,29). The van der Waals surface area contributed by atoms with E-state index in [-0.39, 0.29) is 28.7 Å². The molecule has 2 N–H and O–H groups in total. The number of rotatable bonds is 5. The van der Waals surface area contributed by atoms with Crippen molar-refractivity contribution in [3.05, 3.63) is 39.7 Å². The Morgan fingerprint density at radius 2 is 1.90 bits per heavy atom. The zero-order valence-electron chi connectivity index (χ0n) is 16.0. The van der Waals surface area contributed by atoms with Gasteiger partial charge in [-0.15, -0.1) is 0 Å². The van der Waals surface area contributed by atoms with E-state index in [0.29, 0.717) is 19.1 Å². The summed E-state index contributed by atoms with van der Waals surface area (Å²) in [5.41, 5.74) is -1.41. The Kier molecular flexibility index (Phi) is 4.34. The smallest absolute Gasteiger partial charge is 0.341 e. The number of nitrogens with zero attached hydrogens (tertiary/aromatic N) is 2. The van der Waals surface area contributed by atoms with Crippen molar-refractivity contribution in [3.63, 3.8) is 0 Å². The van der Waals surface area contributed by atoms with Crippen LogP contribution in [0.4, 0.5) is 14.5 Å². The van der Waals surface area contributed by atoms with Gasteiger partial charge in [-0.05, 0) is 44.6 Å². The number of aromatic nitrogens is 1. The number of benzene rings is 1. The van der Waals surface area contributed by atoms with E-state index in [4.69, 9.17) is 0 Å². The van der Waals surface area contributed by atoms with Gasteiger partial charge in [0.05, 0.1) is 10.9 Å². The number of anilines is 1. The highest BCUT2D eigenvalue weighted by Gasteiger charge is 2.33. The minimum atomic E-state index is -1.39. The Bertz CT molecular complexity index is 1060. The van der Waals surface area contributed by atoms with Crippen molar-refractivity contribution in [3.8, 4) is 0 Å². The maximum Gasteiger partial charge on any atom is 0.341 e. The van der Waals surface area contributed by atoms with Crippen molar-refractivity contribution in [2.24, 2.45) is 0 Å². The summed E-state index contributed by atoms with van der Waals surface area (Å²) in [5, 5.41) is 12.7. The maximum absolute atomic E-state index is 15.7. The SMILES string of the molecule is O=C(O)c1cn(C2CC2)c2c(F)c(N3CCCC(NC4CC4)C3)c(F)cc2c1=O. The number of nitrogens with one attached hydrogen (secondary N) is 1. The van der Waals surface area contributed by atoms with Crippen molar-refractivity contribution in [2.75, 3.05) is 18.0 Å². The number of carbonyl (C=O) groups is 1. The van der Waals surface area contributed by atoms with Crippen LogP contribution in [-0.4, -0.2) is 40.8 Å². The van der Waals surface area contributed by atoms with Gasteiger partial charge in [-0.3, -0.25) is 4.79 Å². The molecule has 1 saturated heterocycles. The fourth-order valence-electron chi connectivity index (χ4n) is 4.41. The molecule has 0 bridgehead atoms. The number of hydrogen-bond acceptors (Lipinski definition) is 4. The minimum absolute atomic E-state index is 0.0103. The summed E-state index contributed by atoms with van der Waals surface area (Å²) in [4.78, 5) is 25.8. The van der Waals surface area contributed by atoms with Crippen molar-refractivity contribution >= 4 is 22.6 Å². The van der Waals surface area contributed by atoms with E-state index < -0.39 is 28.6 Å². The Morgan fingerprint density at radius 1 is 1.14 bits per heavy atom. The largest absolute Gasteiger partial charge is 0.477 e. The van der Waals surface area contributed by atoms with Crippen LogP contribution in [0.25, 0.3) is 10.9 Å². The second-order valence-electron chi connectivity index (χ2n) is 8.46. The van der Waals surface area contributed by atoms with Crippen LogP contribution in [0.15, 0.2) is 17.1 Å². The van der Waals surface area contributed by atoms with Crippen LogP contribution in [0.5, 0.6) is 0 Å². The molecule has 0 radical (unpaired) electrons. The van der Waals surface area contributed by atoms with Crippen molar-refractivity contribution in [1.29, 1.82) is 0 Å². The van der Waals surface area contributed by atoms with Gasteiger partial charge < -0.3 is 19.9 Å². The molecule has 1 atom stereocenters. The van der Waals surface area contributed by atoms with E-state index in [2.05, 4.69) is 5.32 Å². The number of aromatic carboxylic acids is 1. The monoisotopic (exact) mass is 403 g/mol. The number of carboxylic acids is 1. The van der Waals surface area contributed by atoms with Gasteiger partial charge >= 0.3 is 5.97 Å². The number of fused-ring (bicyclic) bond motifs is 1. The number of piperidine rings is 1. The van der Waals surface area contributed by atoms with Gasteiger partial charge in [-0.1, -0.05) is 0 Å². The first-order valence-corrected chi connectivity index (χ1v) is 10.2. The zero-order valence-corrected chi connectivity index (χ0v) is 16.0. The Morgan fingerprint density at radius 3 is 2.55 bits per heavy atom. The fraction of sp³-hybridized carbons (Fsp3) is 0.524. The summed E-state index contributed by atoms with van der Waals surface area (Å²) in [6.45, 7) is 1.06. The van der Waals surface area contributed by atoms with E-state index >= 15 is 8.78 Å².